The van der Waals surface area contributed by atoms with E-state index < -0.39 is 0 Å². The number of fused-ring (bicyclic) bond motifs is 2. The van der Waals surface area contributed by atoms with Gasteiger partial charge in [-0.1, -0.05) is 6.42 Å². The summed E-state index contributed by atoms with van der Waals surface area (Å²) < 4.78 is 5.55. The van der Waals surface area contributed by atoms with Crippen molar-refractivity contribution in [2.45, 2.75) is 44.2 Å². The Bertz CT molecular complexity index is 289. The van der Waals surface area contributed by atoms with Crippen molar-refractivity contribution < 1.29 is 9.53 Å². The molecule has 2 N–H and O–H groups in total. The standard InChI is InChI=1S/C13H22N2O2/c16-13(7-11-8-14-3-4-17-11)15-12-6-9-1-2-10(12)5-9/h9-12,14H,1-8H2,(H,15,16). The van der Waals surface area contributed by atoms with Crippen molar-refractivity contribution in [3.05, 3.63) is 0 Å². The molecule has 4 atom stereocenters. The first-order valence-electron chi connectivity index (χ1n) is 6.93. The van der Waals surface area contributed by atoms with Crippen molar-refractivity contribution in [2.24, 2.45) is 11.8 Å². The van der Waals surface area contributed by atoms with Gasteiger partial charge < -0.3 is 15.4 Å². The van der Waals surface area contributed by atoms with E-state index in [-0.39, 0.29) is 12.0 Å². The SMILES string of the molecule is O=C(CC1CNCCO1)NC1CC2CCC1C2. The van der Waals surface area contributed by atoms with Crippen LogP contribution in [-0.4, -0.2) is 37.7 Å². The number of hydrogen-bond acceptors (Lipinski definition) is 3. The van der Waals surface area contributed by atoms with Gasteiger partial charge in [0.15, 0.2) is 0 Å². The second-order valence-corrected chi connectivity index (χ2v) is 5.75. The Hall–Kier alpha value is -0.610. The highest BCUT2D eigenvalue weighted by molar-refractivity contribution is 5.76. The molecule has 2 bridgehead atoms. The average molecular weight is 238 g/mol. The smallest absolute Gasteiger partial charge is 0.222 e. The minimum atomic E-state index is 0.0716. The maximum atomic E-state index is 11.9. The zero-order valence-corrected chi connectivity index (χ0v) is 10.3. The van der Waals surface area contributed by atoms with Gasteiger partial charge in [0.05, 0.1) is 19.1 Å². The second-order valence-electron chi connectivity index (χ2n) is 5.75. The number of hydrogen-bond donors (Lipinski definition) is 2. The molecule has 1 amide bonds. The molecule has 2 aliphatic carbocycles. The van der Waals surface area contributed by atoms with Crippen molar-refractivity contribution in [2.75, 3.05) is 19.7 Å². The van der Waals surface area contributed by atoms with Gasteiger partial charge in [0.2, 0.25) is 5.91 Å². The molecule has 0 radical (unpaired) electrons. The minimum absolute atomic E-state index is 0.0716. The van der Waals surface area contributed by atoms with E-state index in [9.17, 15) is 4.79 Å². The molecule has 1 aliphatic heterocycles. The van der Waals surface area contributed by atoms with E-state index in [1.165, 1.54) is 25.7 Å². The lowest BCUT2D eigenvalue weighted by atomic mass is 9.95. The summed E-state index contributed by atoms with van der Waals surface area (Å²) in [7, 11) is 0. The topological polar surface area (TPSA) is 50.4 Å². The number of rotatable bonds is 3. The second kappa shape index (κ2) is 4.94. The molecule has 4 nitrogen and oxygen atoms in total. The van der Waals surface area contributed by atoms with Gasteiger partial charge in [-0.25, -0.2) is 0 Å². The fraction of sp³-hybridized carbons (Fsp3) is 0.923. The maximum absolute atomic E-state index is 11.9. The summed E-state index contributed by atoms with van der Waals surface area (Å²) in [6, 6.07) is 0.456. The average Bonchev–Trinajstić information content (AvgIpc) is 2.92. The van der Waals surface area contributed by atoms with E-state index >= 15 is 0 Å². The third kappa shape index (κ3) is 2.63. The summed E-state index contributed by atoms with van der Waals surface area (Å²) in [6.45, 7) is 2.45. The third-order valence-corrected chi connectivity index (χ3v) is 4.50. The van der Waals surface area contributed by atoms with Crippen LogP contribution < -0.4 is 10.6 Å². The highest BCUT2D eigenvalue weighted by atomic mass is 16.5. The number of nitrogens with one attached hydrogen (secondary N) is 2. The van der Waals surface area contributed by atoms with Crippen molar-refractivity contribution in [3.8, 4) is 0 Å². The molecule has 3 rings (SSSR count). The fourth-order valence-electron chi connectivity index (χ4n) is 3.64. The zero-order chi connectivity index (χ0) is 11.7. The summed E-state index contributed by atoms with van der Waals surface area (Å²) in [6.07, 6.45) is 5.83. The lowest BCUT2D eigenvalue weighted by Gasteiger charge is -2.26. The molecule has 17 heavy (non-hydrogen) atoms. The number of ether oxygens (including phenoxy) is 1. The summed E-state index contributed by atoms with van der Waals surface area (Å²) in [4.78, 5) is 11.9. The molecule has 96 valence electrons. The quantitative estimate of drug-likeness (QED) is 0.760. The maximum Gasteiger partial charge on any atom is 0.222 e. The van der Waals surface area contributed by atoms with E-state index in [1.807, 2.05) is 0 Å². The molecule has 1 heterocycles. The normalized spacial score (nSPS) is 40.5. The lowest BCUT2D eigenvalue weighted by Crippen LogP contribution is -2.44. The molecule has 0 aromatic heterocycles. The van der Waals surface area contributed by atoms with Crippen LogP contribution in [0.4, 0.5) is 0 Å². The third-order valence-electron chi connectivity index (χ3n) is 4.50. The predicted octanol–water partition coefficient (Wildman–Crippen LogP) is 0.670. The van der Waals surface area contributed by atoms with Gasteiger partial charge in [0.1, 0.15) is 0 Å². The Balaban J connectivity index is 1.44. The molecular formula is C13H22N2O2. The Morgan fingerprint density at radius 1 is 1.35 bits per heavy atom. The van der Waals surface area contributed by atoms with Crippen molar-refractivity contribution in [1.82, 2.24) is 10.6 Å². The molecule has 4 heteroatoms. The van der Waals surface area contributed by atoms with Crippen LogP contribution >= 0.6 is 0 Å². The zero-order valence-electron chi connectivity index (χ0n) is 10.3. The molecular weight excluding hydrogens is 216 g/mol. The van der Waals surface area contributed by atoms with Gasteiger partial charge in [-0.05, 0) is 31.1 Å². The van der Waals surface area contributed by atoms with Crippen LogP contribution in [0, 0.1) is 11.8 Å². The van der Waals surface area contributed by atoms with Gasteiger partial charge in [-0.15, -0.1) is 0 Å². The van der Waals surface area contributed by atoms with Gasteiger partial charge in [-0.2, -0.15) is 0 Å². The van der Waals surface area contributed by atoms with Crippen molar-refractivity contribution >= 4 is 5.91 Å². The summed E-state index contributed by atoms with van der Waals surface area (Å²) in [5, 5.41) is 6.47. The number of morpholine rings is 1. The first kappa shape index (κ1) is 11.5. The molecule has 1 saturated heterocycles. The summed E-state index contributed by atoms with van der Waals surface area (Å²) in [5.74, 6) is 1.82. The van der Waals surface area contributed by atoms with Crippen LogP contribution in [0.5, 0.6) is 0 Å². The van der Waals surface area contributed by atoms with Gasteiger partial charge in [-0.3, -0.25) is 4.79 Å². The lowest BCUT2D eigenvalue weighted by molar-refractivity contribution is -0.125. The van der Waals surface area contributed by atoms with E-state index in [4.69, 9.17) is 4.74 Å². The highest BCUT2D eigenvalue weighted by Gasteiger charge is 2.40. The summed E-state index contributed by atoms with van der Waals surface area (Å²) in [5.41, 5.74) is 0. The van der Waals surface area contributed by atoms with Gasteiger partial charge >= 0.3 is 0 Å². The Kier molecular flexibility index (Phi) is 3.34. The van der Waals surface area contributed by atoms with Crippen molar-refractivity contribution in [1.29, 1.82) is 0 Å². The Morgan fingerprint density at radius 3 is 2.94 bits per heavy atom. The predicted molar refractivity (Wildman–Crippen MR) is 64.6 cm³/mol. The van der Waals surface area contributed by atoms with E-state index in [2.05, 4.69) is 10.6 Å². The van der Waals surface area contributed by atoms with Crippen LogP contribution in [0.3, 0.4) is 0 Å². The molecule has 3 fully saturated rings. The monoisotopic (exact) mass is 238 g/mol. The molecule has 3 aliphatic rings. The van der Waals surface area contributed by atoms with Crippen LogP contribution in [0.15, 0.2) is 0 Å². The van der Waals surface area contributed by atoms with Crippen LogP contribution in [-0.2, 0) is 9.53 Å². The molecule has 0 spiro atoms. The number of carbonyl (C=O) groups is 1. The number of carbonyl (C=O) groups excluding carboxylic acids is 1. The Labute approximate surface area is 102 Å². The molecule has 2 saturated carbocycles. The van der Waals surface area contributed by atoms with Crippen molar-refractivity contribution in [3.63, 3.8) is 0 Å². The van der Waals surface area contributed by atoms with Crippen LogP contribution in [0.1, 0.15) is 32.1 Å². The number of amides is 1. The van der Waals surface area contributed by atoms with Crippen LogP contribution in [0.2, 0.25) is 0 Å². The van der Waals surface area contributed by atoms with Gasteiger partial charge in [0, 0.05) is 19.1 Å². The van der Waals surface area contributed by atoms with E-state index in [0.29, 0.717) is 12.5 Å². The summed E-state index contributed by atoms with van der Waals surface area (Å²) >= 11 is 0. The molecule has 0 aromatic carbocycles. The Morgan fingerprint density at radius 2 is 2.29 bits per heavy atom. The first-order valence-corrected chi connectivity index (χ1v) is 6.93. The molecule has 0 aromatic rings. The largest absolute Gasteiger partial charge is 0.375 e. The molecule has 4 unspecified atom stereocenters. The van der Waals surface area contributed by atoms with E-state index in [1.54, 1.807) is 0 Å². The highest BCUT2D eigenvalue weighted by Crippen LogP contribution is 2.44. The fourth-order valence-corrected chi connectivity index (χ4v) is 3.64. The van der Waals surface area contributed by atoms with E-state index in [0.717, 1.165) is 31.5 Å². The van der Waals surface area contributed by atoms with Crippen LogP contribution in [0.25, 0.3) is 0 Å². The first-order chi connectivity index (χ1) is 8.31. The van der Waals surface area contributed by atoms with Gasteiger partial charge in [0.25, 0.3) is 0 Å². The minimum Gasteiger partial charge on any atom is -0.375 e.